The molecule has 1 amide bonds. The number of carbonyl (C=O) groups is 1. The summed E-state index contributed by atoms with van der Waals surface area (Å²) in [5.41, 5.74) is 2.22. The van der Waals surface area contributed by atoms with Crippen molar-refractivity contribution in [2.24, 2.45) is 0 Å². The fraction of sp³-hybridized carbons (Fsp3) is 0.0909. The number of benzene rings is 2. The maximum Gasteiger partial charge on any atom is 0.269 e. The number of nitrogens with zero attached hydrogens (tertiary/aromatic N) is 1. The topological polar surface area (TPSA) is 67.0 Å². The molecule has 7 heteroatoms. The molecule has 29 heavy (non-hydrogen) atoms. The Morgan fingerprint density at radius 2 is 2.03 bits per heavy atom. The number of rotatable bonds is 6. The van der Waals surface area contributed by atoms with E-state index < -0.39 is 0 Å². The predicted octanol–water partition coefficient (Wildman–Crippen LogP) is 5.31. The average molecular weight is 424 g/mol. The number of aromatic amines is 1. The van der Waals surface area contributed by atoms with Gasteiger partial charge in [-0.3, -0.25) is 9.78 Å². The first-order valence-corrected chi connectivity index (χ1v) is 10.1. The minimum Gasteiger partial charge on any atom is -0.495 e. The van der Waals surface area contributed by atoms with E-state index in [4.69, 9.17) is 16.3 Å². The second kappa shape index (κ2) is 8.59. The molecule has 0 saturated carbocycles. The molecule has 0 bridgehead atoms. The van der Waals surface area contributed by atoms with E-state index in [0.29, 0.717) is 23.0 Å². The van der Waals surface area contributed by atoms with Crippen molar-refractivity contribution in [1.29, 1.82) is 0 Å². The minimum absolute atomic E-state index is 0.199. The number of methoxy groups -OCH3 is 1. The summed E-state index contributed by atoms with van der Waals surface area (Å²) in [6.07, 6.45) is 3.30. The van der Waals surface area contributed by atoms with Crippen LogP contribution in [0.15, 0.2) is 76.8 Å². The molecule has 0 radical (unpaired) electrons. The van der Waals surface area contributed by atoms with Gasteiger partial charge in [0.05, 0.1) is 18.2 Å². The van der Waals surface area contributed by atoms with E-state index in [0.717, 1.165) is 26.3 Å². The monoisotopic (exact) mass is 423 g/mol. The molecule has 0 aliphatic rings. The number of aromatic nitrogens is 2. The summed E-state index contributed by atoms with van der Waals surface area (Å²) in [6, 6.07) is 17.3. The van der Waals surface area contributed by atoms with Crippen molar-refractivity contribution in [3.63, 3.8) is 0 Å². The number of hydrogen-bond donors (Lipinski definition) is 2. The van der Waals surface area contributed by atoms with Gasteiger partial charge in [0.2, 0.25) is 0 Å². The first kappa shape index (κ1) is 19.4. The summed E-state index contributed by atoms with van der Waals surface area (Å²) >= 11 is 7.74. The van der Waals surface area contributed by atoms with E-state index in [-0.39, 0.29) is 5.91 Å². The van der Waals surface area contributed by atoms with Crippen LogP contribution in [-0.2, 0) is 6.54 Å². The molecular formula is C22H18ClN3O2S. The molecule has 0 aliphatic carbocycles. The van der Waals surface area contributed by atoms with Crippen LogP contribution in [0, 0.1) is 0 Å². The Morgan fingerprint density at radius 3 is 2.83 bits per heavy atom. The van der Waals surface area contributed by atoms with Gasteiger partial charge in [-0.2, -0.15) is 0 Å². The highest BCUT2D eigenvalue weighted by atomic mass is 35.5. The van der Waals surface area contributed by atoms with Crippen LogP contribution in [0.1, 0.15) is 16.1 Å². The minimum atomic E-state index is -0.199. The molecule has 2 aromatic carbocycles. The molecule has 0 spiro atoms. The van der Waals surface area contributed by atoms with Gasteiger partial charge >= 0.3 is 0 Å². The summed E-state index contributed by atoms with van der Waals surface area (Å²) in [5, 5.41) is 4.51. The summed E-state index contributed by atoms with van der Waals surface area (Å²) in [5.74, 6) is 0.435. The number of halogens is 1. The van der Waals surface area contributed by atoms with Crippen LogP contribution in [0.5, 0.6) is 5.75 Å². The summed E-state index contributed by atoms with van der Waals surface area (Å²) < 4.78 is 5.31. The van der Waals surface area contributed by atoms with Gasteiger partial charge in [-0.1, -0.05) is 41.6 Å². The fourth-order valence-corrected chi connectivity index (χ4v) is 4.24. The number of nitrogens with one attached hydrogen (secondary N) is 2. The van der Waals surface area contributed by atoms with Crippen molar-refractivity contribution in [2.75, 3.05) is 7.11 Å². The predicted molar refractivity (Wildman–Crippen MR) is 116 cm³/mol. The second-order valence-electron chi connectivity index (χ2n) is 6.30. The van der Waals surface area contributed by atoms with Crippen LogP contribution in [0.25, 0.3) is 10.9 Å². The third kappa shape index (κ3) is 4.23. The lowest BCUT2D eigenvalue weighted by Gasteiger charge is -2.09. The van der Waals surface area contributed by atoms with Crippen molar-refractivity contribution >= 4 is 40.2 Å². The average Bonchev–Trinajstić information content (AvgIpc) is 3.10. The summed E-state index contributed by atoms with van der Waals surface area (Å²) in [4.78, 5) is 22.2. The number of carbonyl (C=O) groups excluding carboxylic acids is 1. The molecule has 146 valence electrons. The van der Waals surface area contributed by atoms with E-state index in [2.05, 4.69) is 15.3 Å². The van der Waals surface area contributed by atoms with Crippen LogP contribution in [0.4, 0.5) is 0 Å². The molecule has 2 N–H and O–H groups in total. The molecular weight excluding hydrogens is 406 g/mol. The Bertz CT molecular complexity index is 1160. The molecule has 2 heterocycles. The van der Waals surface area contributed by atoms with Crippen LogP contribution >= 0.6 is 23.4 Å². The number of pyridine rings is 1. The normalized spacial score (nSPS) is 10.8. The van der Waals surface area contributed by atoms with Gasteiger partial charge < -0.3 is 15.0 Å². The van der Waals surface area contributed by atoms with E-state index in [1.807, 2.05) is 48.5 Å². The number of fused-ring (bicyclic) bond motifs is 1. The first-order valence-electron chi connectivity index (χ1n) is 8.95. The molecule has 0 fully saturated rings. The Labute approximate surface area is 177 Å². The highest BCUT2D eigenvalue weighted by molar-refractivity contribution is 7.99. The maximum absolute atomic E-state index is 13.0. The molecule has 2 aromatic heterocycles. The Kier molecular flexibility index (Phi) is 5.74. The van der Waals surface area contributed by atoms with Crippen molar-refractivity contribution in [2.45, 2.75) is 16.3 Å². The van der Waals surface area contributed by atoms with E-state index in [9.17, 15) is 4.79 Å². The van der Waals surface area contributed by atoms with Crippen LogP contribution in [0.2, 0.25) is 5.02 Å². The Morgan fingerprint density at radius 1 is 1.21 bits per heavy atom. The zero-order valence-corrected chi connectivity index (χ0v) is 17.2. The van der Waals surface area contributed by atoms with Gasteiger partial charge in [0, 0.05) is 39.1 Å². The Hall–Kier alpha value is -2.96. The van der Waals surface area contributed by atoms with Gasteiger partial charge in [-0.15, -0.1) is 0 Å². The van der Waals surface area contributed by atoms with Crippen molar-refractivity contribution in [3.8, 4) is 5.75 Å². The van der Waals surface area contributed by atoms with Crippen LogP contribution in [0.3, 0.4) is 0 Å². The third-order valence-corrected chi connectivity index (χ3v) is 5.80. The lowest BCUT2D eigenvalue weighted by Crippen LogP contribution is -2.24. The zero-order valence-electron chi connectivity index (χ0n) is 15.6. The zero-order chi connectivity index (χ0) is 20.2. The standard InChI is InChI=1S/C22H18ClN3O2S/c1-28-19-13-24-10-9-14(19)12-25-22(27)20-21(29-16-5-3-2-4-6-16)17-11-15(23)7-8-18(17)26-20/h2-11,13,26H,12H2,1H3,(H,25,27). The lowest BCUT2D eigenvalue weighted by atomic mass is 10.2. The molecule has 0 saturated heterocycles. The second-order valence-corrected chi connectivity index (χ2v) is 7.82. The Balaban J connectivity index is 1.66. The highest BCUT2D eigenvalue weighted by Gasteiger charge is 2.19. The quantitative estimate of drug-likeness (QED) is 0.441. The van der Waals surface area contributed by atoms with Crippen molar-refractivity contribution in [3.05, 3.63) is 83.3 Å². The van der Waals surface area contributed by atoms with Gasteiger partial charge in [0.25, 0.3) is 5.91 Å². The largest absolute Gasteiger partial charge is 0.495 e. The first-order chi connectivity index (χ1) is 14.2. The summed E-state index contributed by atoms with van der Waals surface area (Å²) in [7, 11) is 1.58. The highest BCUT2D eigenvalue weighted by Crippen LogP contribution is 2.37. The number of amides is 1. The molecule has 0 aliphatic heterocycles. The SMILES string of the molecule is COc1cnccc1CNC(=O)c1[nH]c2ccc(Cl)cc2c1Sc1ccccc1. The summed E-state index contributed by atoms with van der Waals surface area (Å²) in [6.45, 7) is 0.329. The third-order valence-electron chi connectivity index (χ3n) is 4.43. The number of ether oxygens (including phenoxy) is 1. The fourth-order valence-electron chi connectivity index (χ4n) is 3.01. The van der Waals surface area contributed by atoms with Gasteiger partial charge in [0.1, 0.15) is 11.4 Å². The van der Waals surface area contributed by atoms with Crippen LogP contribution in [-0.4, -0.2) is 23.0 Å². The molecule has 0 unspecified atom stereocenters. The van der Waals surface area contributed by atoms with E-state index in [1.165, 1.54) is 11.8 Å². The smallest absolute Gasteiger partial charge is 0.269 e. The van der Waals surface area contributed by atoms with Gasteiger partial charge in [0.15, 0.2) is 0 Å². The number of H-pyrrole nitrogens is 1. The van der Waals surface area contributed by atoms with Crippen molar-refractivity contribution in [1.82, 2.24) is 15.3 Å². The number of hydrogen-bond acceptors (Lipinski definition) is 4. The molecule has 0 atom stereocenters. The molecule has 4 rings (SSSR count). The maximum atomic E-state index is 13.0. The van der Waals surface area contributed by atoms with Crippen molar-refractivity contribution < 1.29 is 9.53 Å². The van der Waals surface area contributed by atoms with Gasteiger partial charge in [-0.05, 0) is 36.4 Å². The molecule has 4 aromatic rings. The molecule has 5 nitrogen and oxygen atoms in total. The van der Waals surface area contributed by atoms with E-state index >= 15 is 0 Å². The van der Waals surface area contributed by atoms with E-state index in [1.54, 1.807) is 25.6 Å². The lowest BCUT2D eigenvalue weighted by molar-refractivity contribution is 0.0943. The van der Waals surface area contributed by atoms with Crippen LogP contribution < -0.4 is 10.1 Å². The van der Waals surface area contributed by atoms with Gasteiger partial charge in [-0.25, -0.2) is 0 Å².